The lowest BCUT2D eigenvalue weighted by Crippen LogP contribution is -2.35. The number of carbonyl (C=O) groups excluding carboxylic acids is 2. The smallest absolute Gasteiger partial charge is 0.234 e. The van der Waals surface area contributed by atoms with Crippen LogP contribution in [0, 0.1) is 0 Å². The minimum Gasteiger partial charge on any atom is -0.311 e. The number of hydrogen-bond acceptors (Lipinski definition) is 2. The van der Waals surface area contributed by atoms with Crippen molar-refractivity contribution in [2.45, 2.75) is 19.3 Å². The summed E-state index contributed by atoms with van der Waals surface area (Å²) in [5, 5.41) is 0. The first kappa shape index (κ1) is 13.6. The molecule has 3 nitrogen and oxygen atoms in total. The van der Waals surface area contributed by atoms with Crippen LogP contribution in [0.2, 0.25) is 0 Å². The van der Waals surface area contributed by atoms with Crippen LogP contribution in [0.1, 0.15) is 29.6 Å². The largest absolute Gasteiger partial charge is 0.311 e. The van der Waals surface area contributed by atoms with Crippen molar-refractivity contribution in [2.24, 2.45) is 0 Å². The van der Waals surface area contributed by atoms with E-state index in [9.17, 15) is 9.59 Å². The van der Waals surface area contributed by atoms with E-state index in [1.807, 2.05) is 30.4 Å². The van der Waals surface area contributed by atoms with E-state index in [4.69, 9.17) is 0 Å². The highest BCUT2D eigenvalue weighted by molar-refractivity contribution is 6.07. The van der Waals surface area contributed by atoms with Crippen molar-refractivity contribution in [3.05, 3.63) is 71.5 Å². The molecule has 0 N–H and O–H groups in total. The SMILES string of the molecule is O=C(CC(=O)N1CCC=C2CC=CC=C21)c1ccccc1. The Labute approximate surface area is 124 Å². The minimum atomic E-state index is -0.122. The van der Waals surface area contributed by atoms with Crippen molar-refractivity contribution in [3.63, 3.8) is 0 Å². The summed E-state index contributed by atoms with van der Waals surface area (Å²) in [5.41, 5.74) is 2.73. The Morgan fingerprint density at radius 2 is 1.95 bits per heavy atom. The molecule has 1 aromatic rings. The normalized spacial score (nSPS) is 16.9. The molecule has 0 unspecified atom stereocenters. The Morgan fingerprint density at radius 3 is 2.76 bits per heavy atom. The Bertz CT molecular complexity index is 653. The highest BCUT2D eigenvalue weighted by Crippen LogP contribution is 2.28. The topological polar surface area (TPSA) is 37.4 Å². The number of fused-ring (bicyclic) bond motifs is 1. The van der Waals surface area contributed by atoms with E-state index in [0.29, 0.717) is 12.1 Å². The van der Waals surface area contributed by atoms with Gasteiger partial charge in [0.15, 0.2) is 5.78 Å². The number of ketones is 1. The number of rotatable bonds is 3. The van der Waals surface area contributed by atoms with Crippen LogP contribution < -0.4 is 0 Å². The van der Waals surface area contributed by atoms with Crippen LogP contribution in [0.4, 0.5) is 0 Å². The van der Waals surface area contributed by atoms with Gasteiger partial charge in [0, 0.05) is 17.8 Å². The lowest BCUT2D eigenvalue weighted by Gasteiger charge is -2.31. The van der Waals surface area contributed by atoms with Crippen LogP contribution in [-0.4, -0.2) is 23.1 Å². The summed E-state index contributed by atoms with van der Waals surface area (Å²) in [5.74, 6) is -0.236. The van der Waals surface area contributed by atoms with Gasteiger partial charge in [-0.3, -0.25) is 9.59 Å². The van der Waals surface area contributed by atoms with Crippen LogP contribution in [0.3, 0.4) is 0 Å². The number of carbonyl (C=O) groups is 2. The Morgan fingerprint density at radius 1 is 1.14 bits per heavy atom. The Hall–Kier alpha value is -2.42. The zero-order valence-corrected chi connectivity index (χ0v) is 11.8. The van der Waals surface area contributed by atoms with Gasteiger partial charge in [-0.25, -0.2) is 0 Å². The van der Waals surface area contributed by atoms with Crippen molar-refractivity contribution in [2.75, 3.05) is 6.54 Å². The van der Waals surface area contributed by atoms with Crippen LogP contribution in [0.15, 0.2) is 65.9 Å². The maximum Gasteiger partial charge on any atom is 0.234 e. The lowest BCUT2D eigenvalue weighted by molar-refractivity contribution is -0.128. The van der Waals surface area contributed by atoms with Crippen molar-refractivity contribution in [3.8, 4) is 0 Å². The van der Waals surface area contributed by atoms with E-state index < -0.39 is 0 Å². The first-order valence-electron chi connectivity index (χ1n) is 7.20. The summed E-state index contributed by atoms with van der Waals surface area (Å²) in [4.78, 5) is 26.4. The third kappa shape index (κ3) is 2.87. The number of nitrogens with zero attached hydrogens (tertiary/aromatic N) is 1. The van der Waals surface area contributed by atoms with Gasteiger partial charge in [0.25, 0.3) is 0 Å². The predicted octanol–water partition coefficient (Wildman–Crippen LogP) is 3.26. The molecule has 1 aliphatic heterocycles. The predicted molar refractivity (Wildman–Crippen MR) is 81.6 cm³/mol. The molecule has 1 aliphatic carbocycles. The van der Waals surface area contributed by atoms with Gasteiger partial charge < -0.3 is 4.90 Å². The van der Waals surface area contributed by atoms with E-state index in [-0.39, 0.29) is 18.1 Å². The highest BCUT2D eigenvalue weighted by atomic mass is 16.2. The average Bonchev–Trinajstić information content (AvgIpc) is 2.55. The second kappa shape index (κ2) is 5.92. The molecule has 2 aliphatic rings. The van der Waals surface area contributed by atoms with Crippen LogP contribution in [0.5, 0.6) is 0 Å². The number of benzene rings is 1. The van der Waals surface area contributed by atoms with Gasteiger partial charge in [-0.2, -0.15) is 0 Å². The monoisotopic (exact) mass is 279 g/mol. The van der Waals surface area contributed by atoms with Gasteiger partial charge in [-0.05, 0) is 24.5 Å². The van der Waals surface area contributed by atoms with Crippen LogP contribution in [-0.2, 0) is 4.79 Å². The van der Waals surface area contributed by atoms with Gasteiger partial charge in [0.1, 0.15) is 0 Å². The third-order valence-corrected chi connectivity index (χ3v) is 3.80. The van der Waals surface area contributed by atoms with Crippen LogP contribution >= 0.6 is 0 Å². The molecule has 1 amide bonds. The third-order valence-electron chi connectivity index (χ3n) is 3.80. The standard InChI is InChI=1S/C18H17NO2/c20-17(15-8-2-1-3-9-15)13-18(21)19-12-6-10-14-7-4-5-11-16(14)19/h1-5,8-11H,6-7,12-13H2. The lowest BCUT2D eigenvalue weighted by atomic mass is 9.97. The fourth-order valence-corrected chi connectivity index (χ4v) is 2.72. The molecule has 0 saturated heterocycles. The van der Waals surface area contributed by atoms with Gasteiger partial charge >= 0.3 is 0 Å². The number of allylic oxidation sites excluding steroid dienone is 4. The fourth-order valence-electron chi connectivity index (χ4n) is 2.72. The molecule has 0 aromatic heterocycles. The van der Waals surface area contributed by atoms with E-state index in [1.165, 1.54) is 5.57 Å². The summed E-state index contributed by atoms with van der Waals surface area (Å²) < 4.78 is 0. The molecule has 3 heteroatoms. The molecule has 21 heavy (non-hydrogen) atoms. The van der Waals surface area contributed by atoms with Crippen molar-refractivity contribution in [1.29, 1.82) is 0 Å². The fraction of sp³-hybridized carbons (Fsp3) is 0.222. The summed E-state index contributed by atoms with van der Waals surface area (Å²) in [6.07, 6.45) is 9.83. The molecule has 0 fully saturated rings. The molecule has 0 saturated carbocycles. The van der Waals surface area contributed by atoms with Crippen molar-refractivity contribution in [1.82, 2.24) is 4.90 Å². The zero-order chi connectivity index (χ0) is 14.7. The van der Waals surface area contributed by atoms with E-state index in [2.05, 4.69) is 12.2 Å². The first-order chi connectivity index (χ1) is 10.3. The van der Waals surface area contributed by atoms with E-state index in [1.54, 1.807) is 17.0 Å². The molecule has 1 aromatic carbocycles. The maximum absolute atomic E-state index is 12.4. The number of hydrogen-bond donors (Lipinski definition) is 0. The van der Waals surface area contributed by atoms with Gasteiger partial charge in [0.05, 0.1) is 6.42 Å². The highest BCUT2D eigenvalue weighted by Gasteiger charge is 2.25. The Balaban J connectivity index is 1.74. The van der Waals surface area contributed by atoms with Crippen LogP contribution in [0.25, 0.3) is 0 Å². The summed E-state index contributed by atoms with van der Waals surface area (Å²) in [6, 6.07) is 8.99. The maximum atomic E-state index is 12.4. The molecule has 1 heterocycles. The molecule has 0 atom stereocenters. The number of amides is 1. The molecule has 0 radical (unpaired) electrons. The molecular formula is C18H17NO2. The molecule has 106 valence electrons. The minimum absolute atomic E-state index is 0.0711. The molecule has 0 spiro atoms. The van der Waals surface area contributed by atoms with E-state index >= 15 is 0 Å². The average molecular weight is 279 g/mol. The quantitative estimate of drug-likeness (QED) is 0.629. The number of Topliss-reactive ketones (excluding diaryl/α,β-unsaturated/α-hetero) is 1. The molecule has 3 rings (SSSR count). The zero-order valence-electron chi connectivity index (χ0n) is 11.8. The van der Waals surface area contributed by atoms with Crippen molar-refractivity contribution < 1.29 is 9.59 Å². The molecule has 0 bridgehead atoms. The van der Waals surface area contributed by atoms with Gasteiger partial charge in [-0.15, -0.1) is 0 Å². The second-order valence-electron chi connectivity index (χ2n) is 5.21. The van der Waals surface area contributed by atoms with Crippen molar-refractivity contribution >= 4 is 11.7 Å². The van der Waals surface area contributed by atoms with E-state index in [0.717, 1.165) is 18.5 Å². The summed E-state index contributed by atoms with van der Waals surface area (Å²) in [7, 11) is 0. The summed E-state index contributed by atoms with van der Waals surface area (Å²) >= 11 is 0. The second-order valence-corrected chi connectivity index (χ2v) is 5.21. The summed E-state index contributed by atoms with van der Waals surface area (Å²) in [6.45, 7) is 0.657. The Kier molecular flexibility index (Phi) is 3.82. The van der Waals surface area contributed by atoms with Gasteiger partial charge in [-0.1, -0.05) is 48.6 Å². The first-order valence-corrected chi connectivity index (χ1v) is 7.20. The molecular weight excluding hydrogens is 262 g/mol. The van der Waals surface area contributed by atoms with Gasteiger partial charge in [0.2, 0.25) is 5.91 Å².